The zero-order chi connectivity index (χ0) is 25.2. The van der Waals surface area contributed by atoms with Crippen LogP contribution in [0.25, 0.3) is 0 Å². The van der Waals surface area contributed by atoms with Crippen LogP contribution in [0.15, 0.2) is 47.3 Å². The van der Waals surface area contributed by atoms with Crippen LogP contribution in [-0.2, 0) is 12.8 Å². The number of nitrogens with one attached hydrogen (secondary N) is 2. The van der Waals surface area contributed by atoms with Crippen LogP contribution in [-0.4, -0.2) is 46.4 Å². The van der Waals surface area contributed by atoms with Gasteiger partial charge in [0.25, 0.3) is 11.5 Å². The molecule has 2 aromatic carbocycles. The van der Waals surface area contributed by atoms with Crippen molar-refractivity contribution in [3.63, 3.8) is 0 Å². The summed E-state index contributed by atoms with van der Waals surface area (Å²) in [5.74, 6) is -1.16. The van der Waals surface area contributed by atoms with E-state index in [0.29, 0.717) is 60.6 Å². The molecule has 7 nitrogen and oxygen atoms in total. The smallest absolute Gasteiger partial charge is 0.269 e. The summed E-state index contributed by atoms with van der Waals surface area (Å²) in [6.07, 6.45) is 2.92. The lowest BCUT2D eigenvalue weighted by Crippen LogP contribution is -2.40. The molecular formula is C27H26ClFN4O3. The lowest BCUT2D eigenvalue weighted by Gasteiger charge is -2.31. The summed E-state index contributed by atoms with van der Waals surface area (Å²) in [4.78, 5) is 39.8. The van der Waals surface area contributed by atoms with E-state index in [4.69, 9.17) is 11.6 Å². The summed E-state index contributed by atoms with van der Waals surface area (Å²) in [5, 5.41) is 10.5. The number of nitrogens with zero attached hydrogens (tertiary/aromatic N) is 2. The number of ketones is 1. The summed E-state index contributed by atoms with van der Waals surface area (Å²) in [6.45, 7) is 1.50. The minimum absolute atomic E-state index is 0.00151. The van der Waals surface area contributed by atoms with E-state index in [2.05, 4.69) is 15.5 Å². The SMILES string of the molecule is O=C(c1cccc(Cl)c1)C1CCN(C(=O)c2cc(Cc3n[nH]c(=O)c4c3NCCC4)ccc2F)CC1. The zero-order valence-electron chi connectivity index (χ0n) is 19.7. The molecule has 0 saturated carbocycles. The molecule has 36 heavy (non-hydrogen) atoms. The average molecular weight is 509 g/mol. The van der Waals surface area contributed by atoms with Gasteiger partial charge in [-0.15, -0.1) is 0 Å². The van der Waals surface area contributed by atoms with E-state index in [9.17, 15) is 18.8 Å². The molecule has 2 N–H and O–H groups in total. The van der Waals surface area contributed by atoms with Gasteiger partial charge >= 0.3 is 0 Å². The first-order valence-corrected chi connectivity index (χ1v) is 12.5. The molecule has 2 aliphatic heterocycles. The van der Waals surface area contributed by atoms with Crippen LogP contribution in [0.4, 0.5) is 10.1 Å². The van der Waals surface area contributed by atoms with Gasteiger partial charge in [-0.25, -0.2) is 9.49 Å². The quantitative estimate of drug-likeness (QED) is 0.502. The van der Waals surface area contributed by atoms with Gasteiger partial charge in [-0.05, 0) is 55.5 Å². The number of rotatable bonds is 5. The maximum absolute atomic E-state index is 14.7. The van der Waals surface area contributed by atoms with Crippen molar-refractivity contribution < 1.29 is 14.0 Å². The first-order valence-electron chi connectivity index (χ1n) is 12.1. The van der Waals surface area contributed by atoms with Gasteiger partial charge in [0, 0.05) is 48.1 Å². The number of hydrogen-bond donors (Lipinski definition) is 2. The van der Waals surface area contributed by atoms with Crippen molar-refractivity contribution in [2.75, 3.05) is 25.0 Å². The Labute approximate surface area is 212 Å². The molecule has 2 aliphatic rings. The number of carbonyl (C=O) groups is 2. The Bertz CT molecular complexity index is 1380. The van der Waals surface area contributed by atoms with E-state index < -0.39 is 11.7 Å². The van der Waals surface area contributed by atoms with E-state index >= 15 is 0 Å². The summed E-state index contributed by atoms with van der Waals surface area (Å²) in [7, 11) is 0. The standard InChI is InChI=1S/C27H26ClFN4O3/c28-19-4-1-3-18(15-19)25(34)17-8-11-33(12-9-17)27(36)21-13-16(6-7-22(21)29)14-23-24-20(5-2-10-30-24)26(35)32-31-23/h1,3-4,6-7,13,15,17,30H,2,5,8-12,14H2,(H,32,35). The van der Waals surface area contributed by atoms with Crippen LogP contribution in [0.1, 0.15) is 56.8 Å². The second-order valence-electron chi connectivity index (χ2n) is 9.32. The molecule has 1 fully saturated rings. The molecule has 0 radical (unpaired) electrons. The summed E-state index contributed by atoms with van der Waals surface area (Å²) < 4.78 is 14.7. The second-order valence-corrected chi connectivity index (χ2v) is 9.75. The molecule has 1 saturated heterocycles. The van der Waals surface area contributed by atoms with Gasteiger partial charge in [0.2, 0.25) is 0 Å². The first-order chi connectivity index (χ1) is 17.4. The number of amides is 1. The third-order valence-corrected chi connectivity index (χ3v) is 7.19. The maximum Gasteiger partial charge on any atom is 0.269 e. The van der Waals surface area contributed by atoms with Gasteiger partial charge in [0.1, 0.15) is 5.82 Å². The maximum atomic E-state index is 14.7. The lowest BCUT2D eigenvalue weighted by atomic mass is 9.88. The number of aromatic nitrogens is 2. The Balaban J connectivity index is 1.29. The van der Waals surface area contributed by atoms with E-state index in [1.165, 1.54) is 6.07 Å². The molecule has 1 amide bonds. The summed E-state index contributed by atoms with van der Waals surface area (Å²) >= 11 is 6.02. The predicted molar refractivity (Wildman–Crippen MR) is 135 cm³/mol. The Hall–Kier alpha value is -3.52. The van der Waals surface area contributed by atoms with Gasteiger partial charge in [-0.2, -0.15) is 5.10 Å². The highest BCUT2D eigenvalue weighted by molar-refractivity contribution is 6.31. The second kappa shape index (κ2) is 10.2. The number of benzene rings is 2. The fraction of sp³-hybridized carbons (Fsp3) is 0.333. The van der Waals surface area contributed by atoms with Gasteiger partial charge in [0.05, 0.1) is 16.9 Å². The van der Waals surface area contributed by atoms with Gasteiger partial charge in [0.15, 0.2) is 5.78 Å². The third kappa shape index (κ3) is 4.91. The Morgan fingerprint density at radius 1 is 1.14 bits per heavy atom. The fourth-order valence-electron chi connectivity index (χ4n) is 5.02. The third-order valence-electron chi connectivity index (χ3n) is 6.96. The summed E-state index contributed by atoms with van der Waals surface area (Å²) in [5.41, 5.74) is 3.16. The van der Waals surface area contributed by atoms with Crippen LogP contribution >= 0.6 is 11.6 Å². The minimum atomic E-state index is -0.588. The molecule has 0 spiro atoms. The van der Waals surface area contributed by atoms with E-state index in [-0.39, 0.29) is 22.8 Å². The molecule has 1 aromatic heterocycles. The van der Waals surface area contributed by atoms with Crippen molar-refractivity contribution in [1.29, 1.82) is 0 Å². The number of aromatic amines is 1. The lowest BCUT2D eigenvalue weighted by molar-refractivity contribution is 0.0646. The molecule has 9 heteroatoms. The Kier molecular flexibility index (Phi) is 6.87. The van der Waals surface area contributed by atoms with E-state index in [0.717, 1.165) is 24.2 Å². The van der Waals surface area contributed by atoms with Crippen LogP contribution in [0, 0.1) is 11.7 Å². The van der Waals surface area contributed by atoms with Crippen molar-refractivity contribution in [1.82, 2.24) is 15.1 Å². The van der Waals surface area contributed by atoms with Crippen LogP contribution in [0.2, 0.25) is 5.02 Å². The zero-order valence-corrected chi connectivity index (χ0v) is 20.4. The topological polar surface area (TPSA) is 95.2 Å². The molecular weight excluding hydrogens is 483 g/mol. The molecule has 186 valence electrons. The van der Waals surface area contributed by atoms with Gasteiger partial charge < -0.3 is 10.2 Å². The average Bonchev–Trinajstić information content (AvgIpc) is 2.91. The van der Waals surface area contributed by atoms with Crippen molar-refractivity contribution in [3.05, 3.63) is 91.6 Å². The normalized spacial score (nSPS) is 15.8. The van der Waals surface area contributed by atoms with Crippen molar-refractivity contribution in [2.24, 2.45) is 5.92 Å². The molecule has 3 aromatic rings. The number of hydrogen-bond acceptors (Lipinski definition) is 5. The molecule has 3 heterocycles. The van der Waals surface area contributed by atoms with Gasteiger partial charge in [-0.1, -0.05) is 29.8 Å². The highest BCUT2D eigenvalue weighted by atomic mass is 35.5. The number of anilines is 1. The van der Waals surface area contributed by atoms with Crippen LogP contribution < -0.4 is 10.9 Å². The molecule has 0 aliphatic carbocycles. The van der Waals surface area contributed by atoms with E-state index in [1.807, 2.05) is 0 Å². The molecule has 0 atom stereocenters. The number of piperidine rings is 1. The highest BCUT2D eigenvalue weighted by Crippen LogP contribution is 2.27. The van der Waals surface area contributed by atoms with Crippen molar-refractivity contribution >= 4 is 29.0 Å². The summed E-state index contributed by atoms with van der Waals surface area (Å²) in [6, 6.07) is 11.4. The minimum Gasteiger partial charge on any atom is -0.383 e. The fourth-order valence-corrected chi connectivity index (χ4v) is 5.21. The molecule has 0 bridgehead atoms. The molecule has 0 unspecified atom stereocenters. The van der Waals surface area contributed by atoms with Crippen LogP contribution in [0.3, 0.4) is 0 Å². The number of carbonyl (C=O) groups excluding carboxylic acids is 2. The highest BCUT2D eigenvalue weighted by Gasteiger charge is 2.29. The van der Waals surface area contributed by atoms with Gasteiger partial charge in [-0.3, -0.25) is 14.4 Å². The van der Waals surface area contributed by atoms with E-state index in [1.54, 1.807) is 41.3 Å². The number of halogens is 2. The number of Topliss-reactive ketones (excluding diaryl/α,β-unsaturated/α-hetero) is 1. The number of fused-ring (bicyclic) bond motifs is 1. The largest absolute Gasteiger partial charge is 0.383 e. The van der Waals surface area contributed by atoms with Crippen molar-refractivity contribution in [3.8, 4) is 0 Å². The van der Waals surface area contributed by atoms with Crippen LogP contribution in [0.5, 0.6) is 0 Å². The number of H-pyrrole nitrogens is 1. The molecule has 5 rings (SSSR count). The monoisotopic (exact) mass is 508 g/mol. The van der Waals surface area contributed by atoms with Crippen molar-refractivity contribution in [2.45, 2.75) is 32.1 Å². The first kappa shape index (κ1) is 24.2. The Morgan fingerprint density at radius 2 is 1.94 bits per heavy atom. The Morgan fingerprint density at radius 3 is 2.72 bits per heavy atom. The number of likely N-dealkylation sites (tertiary alicyclic amines) is 1. The predicted octanol–water partition coefficient (Wildman–Crippen LogP) is 4.25.